The number of imidazole rings is 1. The molecule has 34 heavy (non-hydrogen) atoms. The number of nitrogens with zero attached hydrogens (tertiary/aromatic N) is 6. The minimum atomic E-state index is -0.498. The van der Waals surface area contributed by atoms with E-state index in [0.29, 0.717) is 11.7 Å². The molecule has 0 N–H and O–H groups in total. The van der Waals surface area contributed by atoms with Gasteiger partial charge in [-0.3, -0.25) is 23.3 Å². The van der Waals surface area contributed by atoms with Crippen molar-refractivity contribution < 1.29 is 9.53 Å². The lowest BCUT2D eigenvalue weighted by Gasteiger charge is -2.25. The Labute approximate surface area is 193 Å². The fraction of sp³-hybridized carbons (Fsp3) is 0.208. The molecule has 0 unspecified atom stereocenters. The molecule has 0 aliphatic carbocycles. The van der Waals surface area contributed by atoms with Gasteiger partial charge in [0.2, 0.25) is 5.95 Å². The number of fused-ring (bicyclic) bond motifs is 3. The normalized spacial score (nSPS) is 13.0. The third-order valence-corrected chi connectivity index (χ3v) is 5.74. The number of anilines is 1. The lowest BCUT2D eigenvalue weighted by molar-refractivity contribution is -0.143. The van der Waals surface area contributed by atoms with Gasteiger partial charge < -0.3 is 4.74 Å². The molecule has 0 radical (unpaired) electrons. The SMILES string of the molecule is Cn1c(=O)c2c(nc3n2CC(c2ccccc2)=NN3CC(=O)OCc2ccccc2)n(C)c1=O. The van der Waals surface area contributed by atoms with E-state index in [9.17, 15) is 14.4 Å². The molecule has 172 valence electrons. The van der Waals surface area contributed by atoms with Gasteiger partial charge in [-0.25, -0.2) is 9.80 Å². The van der Waals surface area contributed by atoms with Crippen LogP contribution in [0.15, 0.2) is 75.4 Å². The number of esters is 1. The Hall–Kier alpha value is -4.47. The molecule has 1 aliphatic heterocycles. The van der Waals surface area contributed by atoms with Gasteiger partial charge in [0.25, 0.3) is 5.56 Å². The van der Waals surface area contributed by atoms with E-state index in [0.717, 1.165) is 15.7 Å². The average molecular weight is 458 g/mol. The average Bonchev–Trinajstić information content (AvgIpc) is 3.26. The molecule has 0 bridgehead atoms. The van der Waals surface area contributed by atoms with Crippen molar-refractivity contribution in [2.45, 2.75) is 13.2 Å². The fourth-order valence-corrected chi connectivity index (χ4v) is 3.95. The molecule has 2 aromatic heterocycles. The number of carbonyl (C=O) groups excluding carboxylic acids is 1. The largest absolute Gasteiger partial charge is 0.459 e. The van der Waals surface area contributed by atoms with Crippen LogP contribution in [0.4, 0.5) is 5.95 Å². The van der Waals surface area contributed by atoms with Crippen molar-refractivity contribution in [1.82, 2.24) is 18.7 Å². The van der Waals surface area contributed by atoms with Crippen LogP contribution >= 0.6 is 0 Å². The second-order valence-corrected chi connectivity index (χ2v) is 7.99. The first-order valence-electron chi connectivity index (χ1n) is 10.7. The predicted molar refractivity (Wildman–Crippen MR) is 127 cm³/mol. The van der Waals surface area contributed by atoms with E-state index in [1.54, 1.807) is 11.6 Å². The van der Waals surface area contributed by atoms with Crippen molar-refractivity contribution in [1.29, 1.82) is 0 Å². The Morgan fingerprint density at radius 1 is 0.971 bits per heavy atom. The number of hydrazone groups is 1. The van der Waals surface area contributed by atoms with Gasteiger partial charge >= 0.3 is 11.7 Å². The Bertz CT molecular complexity index is 1530. The van der Waals surface area contributed by atoms with E-state index in [-0.39, 0.29) is 30.9 Å². The standard InChI is InChI=1S/C24H22N6O4/c1-27-21-20(22(32)28(2)24(27)33)29-13-18(17-11-7-4-8-12-17)26-30(23(29)25-21)14-19(31)34-15-16-9-5-3-6-10-16/h3-12H,13-15H2,1-2H3. The molecule has 0 spiro atoms. The van der Waals surface area contributed by atoms with Crippen LogP contribution in [0, 0.1) is 0 Å². The lowest BCUT2D eigenvalue weighted by atomic mass is 10.1. The highest BCUT2D eigenvalue weighted by Gasteiger charge is 2.29. The Morgan fingerprint density at radius 2 is 1.65 bits per heavy atom. The maximum Gasteiger partial charge on any atom is 0.332 e. The molecule has 3 heterocycles. The van der Waals surface area contributed by atoms with Crippen molar-refractivity contribution >= 4 is 28.8 Å². The second kappa shape index (κ2) is 8.47. The van der Waals surface area contributed by atoms with Crippen molar-refractivity contribution in [2.75, 3.05) is 11.6 Å². The molecule has 0 atom stereocenters. The first-order chi connectivity index (χ1) is 16.4. The minimum absolute atomic E-state index is 0.133. The highest BCUT2D eigenvalue weighted by molar-refractivity contribution is 6.03. The van der Waals surface area contributed by atoms with Crippen LogP contribution in [-0.4, -0.2) is 36.9 Å². The zero-order valence-electron chi connectivity index (χ0n) is 18.7. The number of hydrogen-bond donors (Lipinski definition) is 0. The molecule has 2 aromatic carbocycles. The molecular formula is C24H22N6O4. The molecule has 0 saturated carbocycles. The van der Waals surface area contributed by atoms with Gasteiger partial charge in [-0.15, -0.1) is 0 Å². The monoisotopic (exact) mass is 458 g/mol. The number of aromatic nitrogens is 4. The number of hydrogen-bond acceptors (Lipinski definition) is 7. The van der Waals surface area contributed by atoms with Crippen LogP contribution in [0.5, 0.6) is 0 Å². The summed E-state index contributed by atoms with van der Waals surface area (Å²) in [6, 6.07) is 18.9. The first kappa shape index (κ1) is 21.4. The molecule has 10 nitrogen and oxygen atoms in total. The van der Waals surface area contributed by atoms with Crippen molar-refractivity contribution in [3.63, 3.8) is 0 Å². The van der Waals surface area contributed by atoms with Gasteiger partial charge in [-0.05, 0) is 11.1 Å². The summed E-state index contributed by atoms with van der Waals surface area (Å²) in [6.07, 6.45) is 0. The molecular weight excluding hydrogens is 436 g/mol. The number of benzene rings is 2. The third kappa shape index (κ3) is 3.68. The minimum Gasteiger partial charge on any atom is -0.459 e. The summed E-state index contributed by atoms with van der Waals surface area (Å²) in [5, 5.41) is 6.08. The zero-order valence-corrected chi connectivity index (χ0v) is 18.7. The highest BCUT2D eigenvalue weighted by atomic mass is 16.5. The zero-order chi connectivity index (χ0) is 23.8. The number of aryl methyl sites for hydroxylation is 1. The highest BCUT2D eigenvalue weighted by Crippen LogP contribution is 2.25. The van der Waals surface area contributed by atoms with Gasteiger partial charge in [-0.2, -0.15) is 10.1 Å². The summed E-state index contributed by atoms with van der Waals surface area (Å²) < 4.78 is 9.49. The summed E-state index contributed by atoms with van der Waals surface area (Å²) in [5.41, 5.74) is 1.93. The van der Waals surface area contributed by atoms with Gasteiger partial charge in [-0.1, -0.05) is 60.7 Å². The van der Waals surface area contributed by atoms with Crippen molar-refractivity contribution in [2.24, 2.45) is 19.2 Å². The van der Waals surface area contributed by atoms with E-state index in [4.69, 9.17) is 4.74 Å². The Morgan fingerprint density at radius 3 is 2.35 bits per heavy atom. The van der Waals surface area contributed by atoms with Gasteiger partial charge in [0, 0.05) is 14.1 Å². The number of carbonyl (C=O) groups is 1. The fourth-order valence-electron chi connectivity index (χ4n) is 3.95. The summed E-state index contributed by atoms with van der Waals surface area (Å²) in [5.74, 6) is -0.202. The third-order valence-electron chi connectivity index (χ3n) is 5.74. The molecule has 0 saturated heterocycles. The maximum absolute atomic E-state index is 13.0. The van der Waals surface area contributed by atoms with Gasteiger partial charge in [0.05, 0.1) is 12.3 Å². The Balaban J connectivity index is 1.56. The van der Waals surface area contributed by atoms with E-state index in [1.807, 2.05) is 60.7 Å². The van der Waals surface area contributed by atoms with Crippen LogP contribution in [0.2, 0.25) is 0 Å². The van der Waals surface area contributed by atoms with Crippen molar-refractivity contribution in [3.05, 3.63) is 92.6 Å². The van der Waals surface area contributed by atoms with Crippen LogP contribution in [-0.2, 0) is 36.8 Å². The Kier molecular flexibility index (Phi) is 5.33. The molecule has 0 amide bonds. The van der Waals surface area contributed by atoms with Crippen LogP contribution < -0.4 is 16.3 Å². The van der Waals surface area contributed by atoms with Crippen LogP contribution in [0.1, 0.15) is 11.1 Å². The topological polar surface area (TPSA) is 104 Å². The van der Waals surface area contributed by atoms with Crippen LogP contribution in [0.3, 0.4) is 0 Å². The summed E-state index contributed by atoms with van der Waals surface area (Å²) in [4.78, 5) is 42.7. The number of ether oxygens (including phenoxy) is 1. The predicted octanol–water partition coefficient (Wildman–Crippen LogP) is 1.40. The van der Waals surface area contributed by atoms with Crippen molar-refractivity contribution in [3.8, 4) is 0 Å². The molecule has 0 fully saturated rings. The molecule has 10 heteroatoms. The van der Waals surface area contributed by atoms with E-state index >= 15 is 0 Å². The first-order valence-corrected chi connectivity index (χ1v) is 10.7. The number of rotatable bonds is 5. The summed E-state index contributed by atoms with van der Waals surface area (Å²) >= 11 is 0. The smallest absolute Gasteiger partial charge is 0.332 e. The molecule has 4 aromatic rings. The van der Waals surface area contributed by atoms with E-state index in [1.165, 1.54) is 16.6 Å². The summed E-state index contributed by atoms with van der Waals surface area (Å²) in [7, 11) is 2.98. The van der Waals surface area contributed by atoms with E-state index < -0.39 is 17.2 Å². The maximum atomic E-state index is 13.0. The van der Waals surface area contributed by atoms with Gasteiger partial charge in [0.1, 0.15) is 13.2 Å². The molecule has 1 aliphatic rings. The quantitative estimate of drug-likeness (QED) is 0.419. The molecule has 5 rings (SSSR count). The second-order valence-electron chi connectivity index (χ2n) is 7.99. The lowest BCUT2D eigenvalue weighted by Crippen LogP contribution is -2.38. The van der Waals surface area contributed by atoms with Gasteiger partial charge in [0.15, 0.2) is 11.2 Å². The van der Waals surface area contributed by atoms with Crippen LogP contribution in [0.25, 0.3) is 11.2 Å². The summed E-state index contributed by atoms with van der Waals surface area (Å²) in [6.45, 7) is 0.188. The van der Waals surface area contributed by atoms with E-state index in [2.05, 4.69) is 10.1 Å².